The molecule has 1 aromatic carbocycles. The fourth-order valence-electron chi connectivity index (χ4n) is 2.26. The quantitative estimate of drug-likeness (QED) is 0.353. The first kappa shape index (κ1) is 21.9. The Bertz CT molecular complexity index is 679. The lowest BCUT2D eigenvalue weighted by Crippen LogP contribution is -2.36. The van der Waals surface area contributed by atoms with E-state index in [1.807, 2.05) is 36.4 Å². The summed E-state index contributed by atoms with van der Waals surface area (Å²) in [6, 6.07) is 15.9. The van der Waals surface area contributed by atoms with E-state index in [9.17, 15) is 4.79 Å². The van der Waals surface area contributed by atoms with Crippen LogP contribution in [0.25, 0.3) is 0 Å². The number of likely N-dealkylation sites (N-methyl/N-ethyl adjacent to an activating group) is 1. The molecule has 1 amide bonds. The second-order valence-electron chi connectivity index (χ2n) is 5.75. The van der Waals surface area contributed by atoms with Gasteiger partial charge < -0.3 is 16.0 Å². The molecule has 0 aliphatic heterocycles. The lowest BCUT2D eigenvalue weighted by Gasteiger charge is -2.16. The van der Waals surface area contributed by atoms with Crippen LogP contribution in [0, 0.1) is 0 Å². The van der Waals surface area contributed by atoms with E-state index in [2.05, 4.69) is 27.4 Å². The van der Waals surface area contributed by atoms with Crippen molar-refractivity contribution >= 4 is 35.8 Å². The number of aliphatic imine (C=N–C) groups is 1. The molecule has 3 N–H and O–H groups in total. The second-order valence-corrected chi connectivity index (χ2v) is 5.75. The zero-order valence-corrected chi connectivity index (χ0v) is 17.3. The van der Waals surface area contributed by atoms with Crippen molar-refractivity contribution < 1.29 is 4.79 Å². The van der Waals surface area contributed by atoms with Crippen LogP contribution >= 0.6 is 24.0 Å². The summed E-state index contributed by atoms with van der Waals surface area (Å²) in [6.45, 7) is 1.33. The van der Waals surface area contributed by atoms with Crippen molar-refractivity contribution in [1.29, 1.82) is 0 Å². The number of rotatable bonds is 8. The fraction of sp³-hybridized carbons (Fsp3) is 0.316. The van der Waals surface area contributed by atoms with Crippen molar-refractivity contribution in [2.45, 2.75) is 12.8 Å². The third-order valence-corrected chi connectivity index (χ3v) is 3.80. The Hall–Kier alpha value is -2.16. The molecule has 0 radical (unpaired) electrons. The van der Waals surface area contributed by atoms with Crippen molar-refractivity contribution in [2.24, 2.45) is 10.7 Å². The molecule has 0 spiro atoms. The third kappa shape index (κ3) is 8.28. The van der Waals surface area contributed by atoms with Crippen LogP contribution in [0.3, 0.4) is 0 Å². The second kappa shape index (κ2) is 12.2. The van der Waals surface area contributed by atoms with Crippen LogP contribution in [0.15, 0.2) is 59.7 Å². The van der Waals surface area contributed by atoms with Gasteiger partial charge in [-0.3, -0.25) is 9.78 Å². The number of guanidine groups is 1. The van der Waals surface area contributed by atoms with Gasteiger partial charge in [0.15, 0.2) is 5.96 Å². The van der Waals surface area contributed by atoms with E-state index in [1.165, 1.54) is 5.56 Å². The summed E-state index contributed by atoms with van der Waals surface area (Å²) in [4.78, 5) is 22.1. The molecule has 6 nitrogen and oxygen atoms in total. The van der Waals surface area contributed by atoms with E-state index in [-0.39, 0.29) is 36.4 Å². The number of carbonyl (C=O) groups excluding carboxylic acids is 1. The number of carbonyl (C=O) groups is 1. The summed E-state index contributed by atoms with van der Waals surface area (Å²) in [7, 11) is 1.76. The Morgan fingerprint density at radius 2 is 1.88 bits per heavy atom. The minimum atomic E-state index is -0.0660. The monoisotopic (exact) mass is 467 g/mol. The SMILES string of the molecule is CN(CCc1ccccn1)C(=O)CN=C(N)NCCc1ccccc1.I. The summed E-state index contributed by atoms with van der Waals surface area (Å²) >= 11 is 0. The number of aromatic nitrogens is 1. The number of hydrogen-bond acceptors (Lipinski definition) is 3. The number of nitrogens with two attached hydrogens (primary N) is 1. The Morgan fingerprint density at radius 1 is 1.15 bits per heavy atom. The Kier molecular flexibility index (Phi) is 10.3. The summed E-state index contributed by atoms with van der Waals surface area (Å²) in [5.74, 6) is 0.228. The number of benzene rings is 1. The molecule has 2 aromatic rings. The van der Waals surface area contributed by atoms with Gasteiger partial charge in [0, 0.05) is 38.4 Å². The molecule has 0 bridgehead atoms. The van der Waals surface area contributed by atoms with Crippen molar-refractivity contribution in [3.05, 3.63) is 66.0 Å². The highest BCUT2D eigenvalue weighted by Gasteiger charge is 2.08. The topological polar surface area (TPSA) is 83.6 Å². The number of pyridine rings is 1. The highest BCUT2D eigenvalue weighted by Crippen LogP contribution is 1.98. The van der Waals surface area contributed by atoms with Gasteiger partial charge >= 0.3 is 0 Å². The van der Waals surface area contributed by atoms with Crippen LogP contribution in [0.5, 0.6) is 0 Å². The first-order valence-electron chi connectivity index (χ1n) is 8.37. The average molecular weight is 467 g/mol. The lowest BCUT2D eigenvalue weighted by atomic mass is 10.1. The number of amides is 1. The molecule has 0 unspecified atom stereocenters. The highest BCUT2D eigenvalue weighted by molar-refractivity contribution is 14.0. The molecule has 140 valence electrons. The predicted molar refractivity (Wildman–Crippen MR) is 116 cm³/mol. The maximum absolute atomic E-state index is 12.1. The molecule has 0 saturated heterocycles. The van der Waals surface area contributed by atoms with Crippen molar-refractivity contribution in [1.82, 2.24) is 15.2 Å². The molecule has 0 saturated carbocycles. The minimum absolute atomic E-state index is 0. The number of halogens is 1. The zero-order valence-electron chi connectivity index (χ0n) is 15.0. The van der Waals surface area contributed by atoms with Crippen LogP contribution in [0.1, 0.15) is 11.3 Å². The predicted octanol–water partition coefficient (Wildman–Crippen LogP) is 1.85. The van der Waals surface area contributed by atoms with E-state index < -0.39 is 0 Å². The van der Waals surface area contributed by atoms with Crippen LogP contribution < -0.4 is 11.1 Å². The molecule has 1 aromatic heterocycles. The first-order valence-corrected chi connectivity index (χ1v) is 8.37. The first-order chi connectivity index (χ1) is 12.1. The Labute approximate surface area is 171 Å². The average Bonchev–Trinajstić information content (AvgIpc) is 2.66. The van der Waals surface area contributed by atoms with E-state index in [1.54, 1.807) is 18.1 Å². The molecule has 0 fully saturated rings. The van der Waals surface area contributed by atoms with Gasteiger partial charge in [0.25, 0.3) is 0 Å². The van der Waals surface area contributed by atoms with E-state index in [0.717, 1.165) is 18.5 Å². The summed E-state index contributed by atoms with van der Waals surface area (Å²) < 4.78 is 0. The molecule has 1 heterocycles. The molecule has 0 aliphatic rings. The number of hydrogen-bond donors (Lipinski definition) is 2. The maximum Gasteiger partial charge on any atom is 0.244 e. The van der Waals surface area contributed by atoms with Crippen molar-refractivity contribution in [2.75, 3.05) is 26.7 Å². The number of nitrogens with zero attached hydrogens (tertiary/aromatic N) is 3. The van der Waals surface area contributed by atoms with Gasteiger partial charge in [0.05, 0.1) is 0 Å². The molecule has 26 heavy (non-hydrogen) atoms. The standard InChI is InChI=1S/C19H25N5O.HI/c1-24(14-11-17-9-5-6-12-21-17)18(25)15-23-19(20)22-13-10-16-7-3-2-4-8-16;/h2-9,12H,10-11,13-15H2,1H3,(H3,20,22,23);1H. The molecular formula is C19H26IN5O. The summed E-state index contributed by atoms with van der Waals surface area (Å²) in [5.41, 5.74) is 8.00. The molecule has 7 heteroatoms. The zero-order chi connectivity index (χ0) is 17.9. The van der Waals surface area contributed by atoms with Gasteiger partial charge in [-0.15, -0.1) is 24.0 Å². The van der Waals surface area contributed by atoms with Gasteiger partial charge in [0.1, 0.15) is 6.54 Å². The van der Waals surface area contributed by atoms with E-state index in [0.29, 0.717) is 19.0 Å². The van der Waals surface area contributed by atoms with Gasteiger partial charge in [-0.05, 0) is 24.1 Å². The molecule has 0 atom stereocenters. The van der Waals surface area contributed by atoms with Crippen molar-refractivity contribution in [3.8, 4) is 0 Å². The van der Waals surface area contributed by atoms with E-state index >= 15 is 0 Å². The summed E-state index contributed by atoms with van der Waals surface area (Å²) in [6.07, 6.45) is 3.33. The van der Waals surface area contributed by atoms with Crippen LogP contribution in [-0.2, 0) is 17.6 Å². The Morgan fingerprint density at radius 3 is 2.58 bits per heavy atom. The van der Waals surface area contributed by atoms with Crippen molar-refractivity contribution in [3.63, 3.8) is 0 Å². The van der Waals surface area contributed by atoms with Crippen LogP contribution in [0.2, 0.25) is 0 Å². The third-order valence-electron chi connectivity index (χ3n) is 3.80. The molecular weight excluding hydrogens is 441 g/mol. The summed E-state index contributed by atoms with van der Waals surface area (Å²) in [5, 5.41) is 3.03. The fourth-order valence-corrected chi connectivity index (χ4v) is 2.26. The highest BCUT2D eigenvalue weighted by atomic mass is 127. The van der Waals surface area contributed by atoms with Crippen LogP contribution in [0.4, 0.5) is 0 Å². The van der Waals surface area contributed by atoms with E-state index in [4.69, 9.17) is 5.73 Å². The van der Waals surface area contributed by atoms with Gasteiger partial charge in [-0.25, -0.2) is 4.99 Å². The van der Waals surface area contributed by atoms with Gasteiger partial charge in [-0.2, -0.15) is 0 Å². The maximum atomic E-state index is 12.1. The molecule has 2 rings (SSSR count). The smallest absolute Gasteiger partial charge is 0.244 e. The normalized spacial score (nSPS) is 10.7. The minimum Gasteiger partial charge on any atom is -0.370 e. The van der Waals surface area contributed by atoms with Gasteiger partial charge in [0.2, 0.25) is 5.91 Å². The molecule has 0 aliphatic carbocycles. The van der Waals surface area contributed by atoms with Crippen LogP contribution in [-0.4, -0.2) is 48.4 Å². The Balaban J connectivity index is 0.00000338. The lowest BCUT2D eigenvalue weighted by molar-refractivity contribution is -0.128. The largest absolute Gasteiger partial charge is 0.370 e. The van der Waals surface area contributed by atoms with Gasteiger partial charge in [-0.1, -0.05) is 36.4 Å². The number of nitrogens with one attached hydrogen (secondary N) is 1.